The van der Waals surface area contributed by atoms with E-state index in [0.717, 1.165) is 36.1 Å². The zero-order valence-electron chi connectivity index (χ0n) is 16.0. The summed E-state index contributed by atoms with van der Waals surface area (Å²) in [6.45, 7) is 5.37. The summed E-state index contributed by atoms with van der Waals surface area (Å²) in [4.78, 5) is 29.1. The van der Waals surface area contributed by atoms with E-state index in [9.17, 15) is 9.59 Å². The number of carbonyl (C=O) groups excluding carboxylic acids is 2. The molecule has 2 unspecified atom stereocenters. The van der Waals surface area contributed by atoms with E-state index < -0.39 is 0 Å². The van der Waals surface area contributed by atoms with Gasteiger partial charge in [0.2, 0.25) is 11.8 Å². The van der Waals surface area contributed by atoms with Gasteiger partial charge in [-0.15, -0.1) is 0 Å². The van der Waals surface area contributed by atoms with Gasteiger partial charge in [-0.05, 0) is 38.3 Å². The van der Waals surface area contributed by atoms with Crippen LogP contribution in [0.2, 0.25) is 0 Å². The lowest BCUT2D eigenvalue weighted by Crippen LogP contribution is -2.36. The Hall–Kier alpha value is -2.41. The molecule has 7 heteroatoms. The predicted octanol–water partition coefficient (Wildman–Crippen LogP) is 1.79. The monoisotopic (exact) mass is 372 g/mol. The molecule has 7 nitrogen and oxygen atoms in total. The minimum Gasteiger partial charge on any atom is -0.368 e. The lowest BCUT2D eigenvalue weighted by molar-refractivity contribution is -0.130. The Bertz CT molecular complexity index is 796. The molecule has 2 N–H and O–H groups in total. The van der Waals surface area contributed by atoms with Gasteiger partial charge in [0.15, 0.2) is 0 Å². The van der Waals surface area contributed by atoms with Crippen LogP contribution >= 0.6 is 0 Å². The summed E-state index contributed by atoms with van der Waals surface area (Å²) in [6.07, 6.45) is 2.83. The number of ether oxygens (including phenoxy) is 1. The normalized spacial score (nSPS) is 17.8. The summed E-state index contributed by atoms with van der Waals surface area (Å²) in [6, 6.07) is 7.92. The summed E-state index contributed by atoms with van der Waals surface area (Å²) in [5.74, 6) is 0.699. The van der Waals surface area contributed by atoms with Gasteiger partial charge in [-0.25, -0.2) is 4.98 Å². The molecule has 2 amide bonds. The Kier molecular flexibility index (Phi) is 6.45. The van der Waals surface area contributed by atoms with Gasteiger partial charge in [0, 0.05) is 25.6 Å². The Labute approximate surface area is 159 Å². The van der Waals surface area contributed by atoms with Crippen molar-refractivity contribution in [2.75, 3.05) is 13.2 Å². The van der Waals surface area contributed by atoms with Crippen LogP contribution in [0.3, 0.4) is 0 Å². The van der Waals surface area contributed by atoms with Crippen molar-refractivity contribution in [3.63, 3.8) is 0 Å². The molecule has 1 aromatic carbocycles. The van der Waals surface area contributed by atoms with Gasteiger partial charge in [0.1, 0.15) is 18.5 Å². The molecule has 1 aromatic heterocycles. The number of para-hydroxylation sites is 2. The Morgan fingerprint density at radius 1 is 1.37 bits per heavy atom. The second-order valence-electron chi connectivity index (χ2n) is 7.02. The number of hydrogen-bond donors (Lipinski definition) is 2. The molecule has 146 valence electrons. The van der Waals surface area contributed by atoms with Crippen LogP contribution in [0.4, 0.5) is 0 Å². The number of aromatic nitrogens is 2. The van der Waals surface area contributed by atoms with Gasteiger partial charge in [0.05, 0.1) is 11.0 Å². The van der Waals surface area contributed by atoms with Gasteiger partial charge in [-0.2, -0.15) is 0 Å². The van der Waals surface area contributed by atoms with Gasteiger partial charge in [-0.3, -0.25) is 9.59 Å². The van der Waals surface area contributed by atoms with Crippen molar-refractivity contribution in [3.8, 4) is 0 Å². The molecule has 27 heavy (non-hydrogen) atoms. The average Bonchev–Trinajstić information content (AvgIpc) is 3.30. The van der Waals surface area contributed by atoms with Crippen molar-refractivity contribution in [3.05, 3.63) is 30.1 Å². The summed E-state index contributed by atoms with van der Waals surface area (Å²) in [7, 11) is 0. The number of hydrogen-bond acceptors (Lipinski definition) is 4. The number of amides is 2. The number of imidazole rings is 1. The lowest BCUT2D eigenvalue weighted by atomic mass is 10.2. The largest absolute Gasteiger partial charge is 0.368 e. The van der Waals surface area contributed by atoms with Crippen molar-refractivity contribution in [2.24, 2.45) is 0 Å². The lowest BCUT2D eigenvalue weighted by Gasteiger charge is -2.14. The van der Waals surface area contributed by atoms with Crippen molar-refractivity contribution in [2.45, 2.75) is 58.2 Å². The topological polar surface area (TPSA) is 85.2 Å². The maximum Gasteiger partial charge on any atom is 0.249 e. The van der Waals surface area contributed by atoms with Crippen LogP contribution in [0.1, 0.15) is 38.9 Å². The minimum absolute atomic E-state index is 0.0304. The molecule has 2 heterocycles. The Balaban J connectivity index is 1.68. The molecule has 0 aliphatic carbocycles. The highest BCUT2D eigenvalue weighted by Gasteiger charge is 2.23. The average molecular weight is 372 g/mol. The minimum atomic E-state index is -0.329. The summed E-state index contributed by atoms with van der Waals surface area (Å²) >= 11 is 0. The fourth-order valence-corrected chi connectivity index (χ4v) is 3.25. The first-order valence-corrected chi connectivity index (χ1v) is 9.71. The van der Waals surface area contributed by atoms with Crippen LogP contribution in [-0.4, -0.2) is 46.7 Å². The summed E-state index contributed by atoms with van der Waals surface area (Å²) in [5.41, 5.74) is 1.78. The molecular formula is C20H28N4O3. The number of rotatable bonds is 8. The molecule has 2 aromatic rings. The van der Waals surface area contributed by atoms with Crippen LogP contribution in [0.15, 0.2) is 24.3 Å². The van der Waals surface area contributed by atoms with Crippen LogP contribution in [0, 0.1) is 0 Å². The predicted molar refractivity (Wildman–Crippen MR) is 103 cm³/mol. The molecule has 3 rings (SSSR count). The van der Waals surface area contributed by atoms with Crippen molar-refractivity contribution < 1.29 is 14.3 Å². The second-order valence-corrected chi connectivity index (χ2v) is 7.02. The van der Waals surface area contributed by atoms with E-state index in [-0.39, 0.29) is 30.5 Å². The first-order valence-electron chi connectivity index (χ1n) is 9.71. The molecule has 0 radical (unpaired) electrons. The summed E-state index contributed by atoms with van der Waals surface area (Å²) in [5, 5.41) is 5.92. The maximum atomic E-state index is 12.4. The van der Waals surface area contributed by atoms with Crippen LogP contribution in [0.5, 0.6) is 0 Å². The molecule has 1 fully saturated rings. The number of carbonyl (C=O) groups is 2. The highest BCUT2D eigenvalue weighted by Crippen LogP contribution is 2.17. The van der Waals surface area contributed by atoms with E-state index in [4.69, 9.17) is 4.74 Å². The maximum absolute atomic E-state index is 12.4. The van der Waals surface area contributed by atoms with Gasteiger partial charge in [0.25, 0.3) is 0 Å². The van der Waals surface area contributed by atoms with Gasteiger partial charge < -0.3 is 19.9 Å². The van der Waals surface area contributed by atoms with Gasteiger partial charge >= 0.3 is 0 Å². The fraction of sp³-hybridized carbons (Fsp3) is 0.550. The SMILES string of the molecule is CCC(C)NC(=O)Cn1c(CCNC(=O)C2CCCO2)nc2ccccc21. The first kappa shape index (κ1) is 19.4. The zero-order valence-corrected chi connectivity index (χ0v) is 16.0. The molecule has 2 atom stereocenters. The fourth-order valence-electron chi connectivity index (χ4n) is 3.25. The molecule has 0 bridgehead atoms. The molecule has 0 saturated carbocycles. The molecule has 1 aliphatic heterocycles. The van der Waals surface area contributed by atoms with E-state index in [0.29, 0.717) is 19.6 Å². The smallest absolute Gasteiger partial charge is 0.249 e. The standard InChI is InChI=1S/C20H28N4O3/c1-3-14(2)22-19(25)13-24-16-8-5-4-7-15(16)23-18(24)10-11-21-20(26)17-9-6-12-27-17/h4-5,7-8,14,17H,3,6,9-13H2,1-2H3,(H,21,26)(H,22,25). The van der Waals surface area contributed by atoms with E-state index in [1.54, 1.807) is 0 Å². The number of fused-ring (bicyclic) bond motifs is 1. The van der Waals surface area contributed by atoms with Crippen LogP contribution < -0.4 is 10.6 Å². The third-order valence-electron chi connectivity index (χ3n) is 4.93. The van der Waals surface area contributed by atoms with E-state index in [2.05, 4.69) is 15.6 Å². The quantitative estimate of drug-likeness (QED) is 0.740. The molecule has 1 saturated heterocycles. The third-order valence-corrected chi connectivity index (χ3v) is 4.93. The highest BCUT2D eigenvalue weighted by molar-refractivity contribution is 5.82. The van der Waals surface area contributed by atoms with E-state index in [1.807, 2.05) is 42.7 Å². The van der Waals surface area contributed by atoms with Crippen molar-refractivity contribution in [1.82, 2.24) is 20.2 Å². The first-order chi connectivity index (χ1) is 13.1. The molecular weight excluding hydrogens is 344 g/mol. The molecule has 0 spiro atoms. The number of benzene rings is 1. The van der Waals surface area contributed by atoms with Crippen molar-refractivity contribution in [1.29, 1.82) is 0 Å². The van der Waals surface area contributed by atoms with Crippen LogP contribution in [0.25, 0.3) is 11.0 Å². The van der Waals surface area contributed by atoms with Crippen LogP contribution in [-0.2, 0) is 27.3 Å². The number of nitrogens with zero attached hydrogens (tertiary/aromatic N) is 2. The van der Waals surface area contributed by atoms with Crippen molar-refractivity contribution >= 4 is 22.8 Å². The second kappa shape index (κ2) is 8.99. The Morgan fingerprint density at radius 3 is 2.93 bits per heavy atom. The van der Waals surface area contributed by atoms with E-state index in [1.165, 1.54) is 0 Å². The molecule has 1 aliphatic rings. The number of nitrogens with one attached hydrogen (secondary N) is 2. The highest BCUT2D eigenvalue weighted by atomic mass is 16.5. The van der Waals surface area contributed by atoms with Gasteiger partial charge in [-0.1, -0.05) is 19.1 Å². The zero-order chi connectivity index (χ0) is 19.2. The third kappa shape index (κ3) is 4.86. The summed E-state index contributed by atoms with van der Waals surface area (Å²) < 4.78 is 7.34. The Morgan fingerprint density at radius 2 is 2.19 bits per heavy atom. The van der Waals surface area contributed by atoms with E-state index >= 15 is 0 Å².